The third-order valence-corrected chi connectivity index (χ3v) is 13.4. The molecule has 4 aromatic rings. The number of hydrogen-bond donors (Lipinski definition) is 0. The summed E-state index contributed by atoms with van der Waals surface area (Å²) in [7, 11) is -1.03. The minimum absolute atomic E-state index is 0.424. The van der Waals surface area contributed by atoms with E-state index in [0.717, 1.165) is 6.54 Å². The van der Waals surface area contributed by atoms with Gasteiger partial charge in [-0.15, -0.1) is 0 Å². The van der Waals surface area contributed by atoms with Crippen molar-refractivity contribution >= 4 is 26.8 Å². The van der Waals surface area contributed by atoms with Gasteiger partial charge in [-0.3, -0.25) is 4.44 Å². The molecule has 0 saturated carbocycles. The molecule has 0 spiro atoms. The van der Waals surface area contributed by atoms with Crippen molar-refractivity contribution in [1.29, 1.82) is 0 Å². The van der Waals surface area contributed by atoms with Gasteiger partial charge in [0.25, 0.3) is 0 Å². The Morgan fingerprint density at radius 2 is 1.03 bits per heavy atom. The van der Waals surface area contributed by atoms with Gasteiger partial charge in [-0.05, 0) is 49.1 Å². The van der Waals surface area contributed by atoms with E-state index in [1.54, 1.807) is 0 Å². The summed E-state index contributed by atoms with van der Waals surface area (Å²) in [5.74, 6) is 0. The normalized spacial score (nSPS) is 19.9. The largest absolute Gasteiger partial charge is 0.251 e. The van der Waals surface area contributed by atoms with Crippen molar-refractivity contribution < 1.29 is 0 Å². The molecule has 1 aliphatic rings. The first-order chi connectivity index (χ1) is 17.4. The van der Waals surface area contributed by atoms with Crippen molar-refractivity contribution in [2.24, 2.45) is 0 Å². The lowest BCUT2D eigenvalue weighted by Gasteiger charge is -2.42. The van der Waals surface area contributed by atoms with E-state index in [1.165, 1.54) is 47.4 Å². The molecule has 1 nitrogen and oxygen atoms in total. The van der Waals surface area contributed by atoms with Crippen LogP contribution in [-0.4, -0.2) is 11.0 Å². The van der Waals surface area contributed by atoms with Gasteiger partial charge >= 0.3 is 0 Å². The van der Waals surface area contributed by atoms with Crippen LogP contribution in [0.5, 0.6) is 0 Å². The summed E-state index contributed by atoms with van der Waals surface area (Å²) < 4.78 is 3.00. The Labute approximate surface area is 213 Å². The third kappa shape index (κ3) is 5.59. The van der Waals surface area contributed by atoms with E-state index >= 15 is 0 Å². The first kappa shape index (κ1) is 24.4. The predicted molar refractivity (Wildman–Crippen MR) is 155 cm³/mol. The van der Waals surface area contributed by atoms with Crippen LogP contribution < -0.4 is 10.6 Å². The molecule has 35 heavy (non-hydrogen) atoms. The molecule has 3 heteroatoms. The van der Waals surface area contributed by atoms with Crippen LogP contribution in [0.3, 0.4) is 0 Å². The molecule has 0 aliphatic carbocycles. The van der Waals surface area contributed by atoms with Crippen LogP contribution in [0.2, 0.25) is 0 Å². The van der Waals surface area contributed by atoms with E-state index in [0.29, 0.717) is 11.3 Å². The highest BCUT2D eigenvalue weighted by Gasteiger charge is 2.43. The van der Waals surface area contributed by atoms with Crippen LogP contribution >= 0.6 is 16.1 Å². The zero-order valence-corrected chi connectivity index (χ0v) is 22.4. The van der Waals surface area contributed by atoms with Crippen LogP contribution in [-0.2, 0) is 0 Å². The summed E-state index contributed by atoms with van der Waals surface area (Å²) in [6.07, 6.45) is 4.99. The van der Waals surface area contributed by atoms with Crippen molar-refractivity contribution in [2.45, 2.75) is 43.9 Å². The lowest BCUT2D eigenvalue weighted by atomic mass is 10.0. The third-order valence-electron chi connectivity index (χ3n) is 6.93. The van der Waals surface area contributed by atoms with E-state index < -0.39 is 16.1 Å². The topological polar surface area (TPSA) is 3.24 Å². The van der Waals surface area contributed by atoms with E-state index in [4.69, 9.17) is 0 Å². The molecule has 0 aromatic heterocycles. The molecule has 5 rings (SSSR count). The summed E-state index contributed by atoms with van der Waals surface area (Å²) in [5.41, 5.74) is 4.25. The number of nitrogens with zero attached hydrogens (tertiary/aromatic N) is 1. The van der Waals surface area contributed by atoms with Crippen molar-refractivity contribution in [3.05, 3.63) is 132 Å². The summed E-state index contributed by atoms with van der Waals surface area (Å²) >= 11 is 0. The lowest BCUT2D eigenvalue weighted by Crippen LogP contribution is -2.27. The molecule has 2 unspecified atom stereocenters. The minimum Gasteiger partial charge on any atom is -0.251 e. The van der Waals surface area contributed by atoms with Crippen molar-refractivity contribution in [1.82, 2.24) is 4.44 Å². The van der Waals surface area contributed by atoms with Crippen LogP contribution in [0.25, 0.3) is 0 Å². The fourth-order valence-corrected chi connectivity index (χ4v) is 12.8. The molecule has 3 atom stereocenters. The van der Waals surface area contributed by atoms with Crippen LogP contribution in [0.15, 0.2) is 121 Å². The van der Waals surface area contributed by atoms with Gasteiger partial charge in [0.2, 0.25) is 0 Å². The maximum atomic E-state index is 3.00. The Balaban J connectivity index is 1.65. The molecule has 1 saturated heterocycles. The maximum Gasteiger partial charge on any atom is 0.0318 e. The Hall–Kier alpha value is -2.30. The molecule has 178 valence electrons. The van der Waals surface area contributed by atoms with Gasteiger partial charge in [0.05, 0.1) is 0 Å². The van der Waals surface area contributed by atoms with Crippen LogP contribution in [0.1, 0.15) is 55.1 Å². The Morgan fingerprint density at radius 3 is 1.43 bits per heavy atom. The minimum atomic E-state index is -0.609. The van der Waals surface area contributed by atoms with E-state index in [2.05, 4.69) is 133 Å². The number of rotatable bonds is 9. The summed E-state index contributed by atoms with van der Waals surface area (Å²) in [5, 5.41) is 2.94. The zero-order valence-electron chi connectivity index (χ0n) is 20.6. The first-order valence-electron chi connectivity index (χ1n) is 12.9. The smallest absolute Gasteiger partial charge is 0.0318 e. The fourth-order valence-electron chi connectivity index (χ4n) is 5.28. The monoisotopic (exact) mass is 495 g/mol. The van der Waals surface area contributed by atoms with Gasteiger partial charge in [0.1, 0.15) is 0 Å². The molecular formula is C32H35NP2. The number of benzene rings is 4. The molecule has 1 fully saturated rings. The van der Waals surface area contributed by atoms with Gasteiger partial charge in [-0.1, -0.05) is 135 Å². The SMILES string of the molecule is CCCCN(P(c1ccccc1)c1ccccc1)P1C(c2ccccc2)CC[C@H]1c1ccccc1. The van der Waals surface area contributed by atoms with Crippen molar-refractivity contribution in [3.8, 4) is 0 Å². The van der Waals surface area contributed by atoms with Crippen molar-refractivity contribution in [2.75, 3.05) is 6.54 Å². The first-order valence-corrected chi connectivity index (χ1v) is 15.7. The average Bonchev–Trinajstić information content (AvgIpc) is 3.38. The molecule has 0 amide bonds. The second kappa shape index (κ2) is 12.1. The van der Waals surface area contributed by atoms with Gasteiger partial charge in [-0.25, -0.2) is 0 Å². The Morgan fingerprint density at radius 1 is 0.629 bits per heavy atom. The van der Waals surface area contributed by atoms with Gasteiger partial charge in [0, 0.05) is 25.9 Å². The highest BCUT2D eigenvalue weighted by Crippen LogP contribution is 2.76. The van der Waals surface area contributed by atoms with Crippen molar-refractivity contribution in [3.63, 3.8) is 0 Å². The van der Waals surface area contributed by atoms with Gasteiger partial charge in [0.15, 0.2) is 0 Å². The van der Waals surface area contributed by atoms with Gasteiger partial charge < -0.3 is 0 Å². The quantitative estimate of drug-likeness (QED) is 0.210. The second-order valence-electron chi connectivity index (χ2n) is 9.24. The molecule has 1 heterocycles. The summed E-state index contributed by atoms with van der Waals surface area (Å²) in [6.45, 7) is 3.49. The maximum absolute atomic E-state index is 3.00. The Bertz CT molecular complexity index is 1060. The predicted octanol–water partition coefficient (Wildman–Crippen LogP) is 8.81. The van der Waals surface area contributed by atoms with E-state index in [1.807, 2.05) is 0 Å². The zero-order chi connectivity index (χ0) is 23.9. The number of unbranched alkanes of at least 4 members (excludes halogenated alkanes) is 1. The molecule has 4 aromatic carbocycles. The van der Waals surface area contributed by atoms with E-state index in [-0.39, 0.29) is 0 Å². The fraction of sp³-hybridized carbons (Fsp3) is 0.250. The van der Waals surface area contributed by atoms with Crippen LogP contribution in [0.4, 0.5) is 0 Å². The highest BCUT2D eigenvalue weighted by atomic mass is 31.2. The molecule has 0 N–H and O–H groups in total. The standard InChI is InChI=1S/C32H35NP2/c1-2-3-26-33(34(29-20-12-6-13-21-29)30-22-14-7-15-23-30)35-31(27-16-8-4-9-17-27)24-25-32(35)28-18-10-5-11-19-28/h4-23,31-32H,2-3,24-26H2,1H3/t31-,32?,35?/m0/s1. The molecule has 1 aliphatic heterocycles. The molecule has 0 bridgehead atoms. The number of hydrogen-bond acceptors (Lipinski definition) is 1. The lowest BCUT2D eigenvalue weighted by molar-refractivity contribution is 0.632. The summed E-state index contributed by atoms with van der Waals surface area (Å²) in [4.78, 5) is 0. The van der Waals surface area contributed by atoms with E-state index in [9.17, 15) is 0 Å². The molecular weight excluding hydrogens is 460 g/mol. The van der Waals surface area contributed by atoms with Gasteiger partial charge in [-0.2, -0.15) is 0 Å². The van der Waals surface area contributed by atoms with Crippen LogP contribution in [0, 0.1) is 0 Å². The molecule has 0 radical (unpaired) electrons. The highest BCUT2D eigenvalue weighted by molar-refractivity contribution is 7.79. The second-order valence-corrected chi connectivity index (χ2v) is 14.2. The summed E-state index contributed by atoms with van der Waals surface area (Å²) in [6, 6.07) is 45.3. The average molecular weight is 496 g/mol. The Kier molecular flexibility index (Phi) is 8.43.